The number of aromatic nitrogens is 4. The summed E-state index contributed by atoms with van der Waals surface area (Å²) in [4.78, 5) is 10.7. The van der Waals surface area contributed by atoms with E-state index < -0.39 is 9.84 Å². The summed E-state index contributed by atoms with van der Waals surface area (Å²) >= 11 is 0. The molecule has 0 fully saturated rings. The minimum absolute atomic E-state index is 0.101. The smallest absolute Gasteiger partial charge is 0.240 e. The van der Waals surface area contributed by atoms with Crippen LogP contribution in [0.4, 0.5) is 0 Å². The summed E-state index contributed by atoms with van der Waals surface area (Å²) < 4.78 is 30.0. The van der Waals surface area contributed by atoms with E-state index in [0.29, 0.717) is 12.4 Å². The first kappa shape index (κ1) is 20.2. The fourth-order valence-electron chi connectivity index (χ4n) is 3.33. The maximum Gasteiger partial charge on any atom is 0.240 e. The molecule has 2 aromatic heterocycles. The molecule has 1 atom stereocenters. The maximum atomic E-state index is 11.4. The van der Waals surface area contributed by atoms with Crippen LogP contribution in [0.3, 0.4) is 0 Å². The number of benzene rings is 2. The Kier molecular flexibility index (Phi) is 5.40. The molecule has 2 heterocycles. The Morgan fingerprint density at radius 1 is 1.13 bits per heavy atom. The monoisotopic (exact) mass is 425 g/mol. The van der Waals surface area contributed by atoms with E-state index in [4.69, 9.17) is 4.52 Å². The average molecular weight is 426 g/mol. The second-order valence-electron chi connectivity index (χ2n) is 7.46. The van der Waals surface area contributed by atoms with Gasteiger partial charge < -0.3 is 4.52 Å². The van der Waals surface area contributed by atoms with Crippen LogP contribution in [0.5, 0.6) is 0 Å². The lowest BCUT2D eigenvalue weighted by Crippen LogP contribution is -2.22. The molecule has 0 aliphatic rings. The number of sulfone groups is 1. The Morgan fingerprint density at radius 3 is 2.60 bits per heavy atom. The van der Waals surface area contributed by atoms with Gasteiger partial charge in [0.25, 0.3) is 0 Å². The van der Waals surface area contributed by atoms with Crippen molar-refractivity contribution in [3.05, 3.63) is 72.1 Å². The molecular weight excluding hydrogens is 402 g/mol. The first-order valence-electron chi connectivity index (χ1n) is 9.52. The molecule has 0 N–H and O–H groups in total. The molecule has 0 saturated carbocycles. The highest BCUT2D eigenvalue weighted by Crippen LogP contribution is 2.23. The Morgan fingerprint density at radius 2 is 1.87 bits per heavy atom. The van der Waals surface area contributed by atoms with Gasteiger partial charge in [0.2, 0.25) is 5.89 Å². The van der Waals surface area contributed by atoms with Crippen LogP contribution in [0, 0.1) is 0 Å². The number of imidazole rings is 1. The zero-order valence-electron chi connectivity index (χ0n) is 17.1. The molecule has 0 aliphatic carbocycles. The fourth-order valence-corrected chi connectivity index (χ4v) is 3.92. The summed E-state index contributed by atoms with van der Waals surface area (Å²) in [5, 5.41) is 3.75. The second-order valence-corrected chi connectivity index (χ2v) is 9.60. The lowest BCUT2D eigenvalue weighted by Gasteiger charge is -2.23. The molecule has 30 heavy (non-hydrogen) atoms. The standard InChI is InChI=1S/C21H23N5O3S/c1-15(25(2)12-21-23-20(24-29-21)13-30(3,27)28)16-8-10-17(11-9-16)26-14-22-18-6-4-5-7-19(18)26/h4-11,14-15H,12-13H2,1-3H3/t15-/m0/s1. The third kappa shape index (κ3) is 4.42. The lowest BCUT2D eigenvalue weighted by molar-refractivity contribution is 0.216. The summed E-state index contributed by atoms with van der Waals surface area (Å²) in [5.74, 6) is 0.357. The van der Waals surface area contributed by atoms with Gasteiger partial charge in [0.1, 0.15) is 12.1 Å². The lowest BCUT2D eigenvalue weighted by atomic mass is 10.1. The van der Waals surface area contributed by atoms with Crippen LogP contribution in [-0.2, 0) is 22.1 Å². The fraction of sp³-hybridized carbons (Fsp3) is 0.286. The molecule has 4 aromatic rings. The molecule has 156 valence electrons. The third-order valence-corrected chi connectivity index (χ3v) is 5.84. The van der Waals surface area contributed by atoms with E-state index in [2.05, 4.69) is 61.8 Å². The third-order valence-electron chi connectivity index (χ3n) is 5.05. The van der Waals surface area contributed by atoms with Gasteiger partial charge in [-0.1, -0.05) is 29.4 Å². The SMILES string of the molecule is C[C@@H](c1ccc(-n2cnc3ccccc32)cc1)N(C)Cc1nc(CS(C)(=O)=O)no1. The predicted octanol–water partition coefficient (Wildman–Crippen LogP) is 3.15. The van der Waals surface area contributed by atoms with Gasteiger partial charge in [-0.2, -0.15) is 4.98 Å². The summed E-state index contributed by atoms with van der Waals surface area (Å²) in [6.07, 6.45) is 2.98. The van der Waals surface area contributed by atoms with Gasteiger partial charge in [-0.15, -0.1) is 0 Å². The van der Waals surface area contributed by atoms with Crippen molar-refractivity contribution in [1.29, 1.82) is 0 Å². The number of hydrogen-bond acceptors (Lipinski definition) is 7. The molecular formula is C21H23N5O3S. The molecule has 0 amide bonds. The minimum atomic E-state index is -3.19. The topological polar surface area (TPSA) is 94.1 Å². The van der Waals surface area contributed by atoms with Gasteiger partial charge in [0.05, 0.1) is 17.6 Å². The van der Waals surface area contributed by atoms with E-state index in [1.165, 1.54) is 0 Å². The van der Waals surface area contributed by atoms with Crippen molar-refractivity contribution in [1.82, 2.24) is 24.6 Å². The van der Waals surface area contributed by atoms with Crippen molar-refractivity contribution in [3.63, 3.8) is 0 Å². The van der Waals surface area contributed by atoms with Gasteiger partial charge in [-0.25, -0.2) is 13.4 Å². The maximum absolute atomic E-state index is 11.4. The van der Waals surface area contributed by atoms with Crippen molar-refractivity contribution in [3.8, 4) is 5.69 Å². The number of fused-ring (bicyclic) bond motifs is 1. The Labute approximate surface area is 175 Å². The van der Waals surface area contributed by atoms with Crippen molar-refractivity contribution in [2.75, 3.05) is 13.3 Å². The van der Waals surface area contributed by atoms with Gasteiger partial charge >= 0.3 is 0 Å². The largest absolute Gasteiger partial charge is 0.338 e. The first-order chi connectivity index (χ1) is 14.3. The van der Waals surface area contributed by atoms with Crippen LogP contribution < -0.4 is 0 Å². The number of rotatable bonds is 7. The summed E-state index contributed by atoms with van der Waals surface area (Å²) in [6, 6.07) is 16.5. The van der Waals surface area contributed by atoms with E-state index in [-0.39, 0.29) is 17.6 Å². The molecule has 0 radical (unpaired) electrons. The van der Waals surface area contributed by atoms with Crippen LogP contribution in [0.1, 0.15) is 30.2 Å². The van der Waals surface area contributed by atoms with Gasteiger partial charge in [0.15, 0.2) is 15.7 Å². The molecule has 0 saturated heterocycles. The Hall–Kier alpha value is -3.04. The van der Waals surface area contributed by atoms with Gasteiger partial charge in [-0.3, -0.25) is 9.47 Å². The average Bonchev–Trinajstić information content (AvgIpc) is 3.33. The van der Waals surface area contributed by atoms with Gasteiger partial charge in [0, 0.05) is 18.0 Å². The summed E-state index contributed by atoms with van der Waals surface area (Å²) in [5.41, 5.74) is 4.22. The Bertz CT molecular complexity index is 1260. The zero-order valence-corrected chi connectivity index (χ0v) is 17.9. The highest BCUT2D eigenvalue weighted by Gasteiger charge is 2.17. The van der Waals surface area contributed by atoms with E-state index in [1.54, 1.807) is 0 Å². The second kappa shape index (κ2) is 8.00. The van der Waals surface area contributed by atoms with E-state index >= 15 is 0 Å². The van der Waals surface area contributed by atoms with E-state index in [1.807, 2.05) is 31.6 Å². The molecule has 0 spiro atoms. The quantitative estimate of drug-likeness (QED) is 0.449. The molecule has 8 nitrogen and oxygen atoms in total. The van der Waals surface area contributed by atoms with Crippen LogP contribution in [0.2, 0.25) is 0 Å². The highest BCUT2D eigenvalue weighted by atomic mass is 32.2. The van der Waals surface area contributed by atoms with E-state index in [9.17, 15) is 8.42 Å². The van der Waals surface area contributed by atoms with Crippen molar-refractivity contribution < 1.29 is 12.9 Å². The highest BCUT2D eigenvalue weighted by molar-refractivity contribution is 7.89. The molecule has 4 rings (SSSR count). The minimum Gasteiger partial charge on any atom is -0.338 e. The zero-order chi connectivity index (χ0) is 21.3. The number of para-hydroxylation sites is 2. The van der Waals surface area contributed by atoms with Crippen molar-refractivity contribution in [2.45, 2.75) is 25.3 Å². The molecule has 0 bridgehead atoms. The number of hydrogen-bond donors (Lipinski definition) is 0. The molecule has 9 heteroatoms. The molecule has 2 aromatic carbocycles. The van der Waals surface area contributed by atoms with Crippen molar-refractivity contribution in [2.24, 2.45) is 0 Å². The van der Waals surface area contributed by atoms with Crippen LogP contribution in [-0.4, -0.2) is 46.3 Å². The van der Waals surface area contributed by atoms with Crippen molar-refractivity contribution >= 4 is 20.9 Å². The number of nitrogens with zero attached hydrogens (tertiary/aromatic N) is 5. The summed E-state index contributed by atoms with van der Waals surface area (Å²) in [7, 11) is -1.23. The normalized spacial score (nSPS) is 13.2. The molecule has 0 unspecified atom stereocenters. The first-order valence-corrected chi connectivity index (χ1v) is 11.6. The van der Waals surface area contributed by atoms with Crippen LogP contribution in [0.15, 0.2) is 59.4 Å². The molecule has 0 aliphatic heterocycles. The summed E-state index contributed by atoms with van der Waals surface area (Å²) in [6.45, 7) is 2.52. The van der Waals surface area contributed by atoms with Crippen LogP contribution in [0.25, 0.3) is 16.7 Å². The Balaban J connectivity index is 1.46. The predicted molar refractivity (Wildman–Crippen MR) is 114 cm³/mol. The van der Waals surface area contributed by atoms with E-state index in [0.717, 1.165) is 28.5 Å². The van der Waals surface area contributed by atoms with Gasteiger partial charge in [-0.05, 0) is 43.8 Å². The van der Waals surface area contributed by atoms with Crippen LogP contribution >= 0.6 is 0 Å².